The highest BCUT2D eigenvalue weighted by atomic mass is 127. The van der Waals surface area contributed by atoms with E-state index < -0.39 is 0 Å². The molecule has 0 atom stereocenters. The van der Waals surface area contributed by atoms with E-state index in [1.54, 1.807) is 0 Å². The van der Waals surface area contributed by atoms with Crippen molar-refractivity contribution in [1.29, 1.82) is 0 Å². The number of hydrogen-bond acceptors (Lipinski definition) is 1. The number of hydrogen-bond donors (Lipinski definition) is 2. The Hall–Kier alpha value is -0.780. The molecule has 0 aromatic heterocycles. The van der Waals surface area contributed by atoms with E-state index in [9.17, 15) is 0 Å². The Morgan fingerprint density at radius 3 is 2.53 bits per heavy atom. The molecule has 1 fully saturated rings. The molecular weight excluding hydrogens is 349 g/mol. The van der Waals surface area contributed by atoms with Crippen LogP contribution in [0.1, 0.15) is 38.5 Å². The Labute approximate surface area is 133 Å². The Balaban J connectivity index is 0.00000180. The Kier molecular flexibility index (Phi) is 7.86. The topological polar surface area (TPSA) is 50.4 Å². The van der Waals surface area contributed by atoms with Gasteiger partial charge < -0.3 is 11.1 Å². The molecule has 19 heavy (non-hydrogen) atoms. The van der Waals surface area contributed by atoms with Crippen LogP contribution in [-0.2, 0) is 0 Å². The van der Waals surface area contributed by atoms with Gasteiger partial charge in [-0.1, -0.05) is 50.3 Å². The SMILES string of the molecule is I.NC(=NCCC1CCCCC1)Nc1ccccc1. The molecule has 0 unspecified atom stereocenters. The van der Waals surface area contributed by atoms with E-state index in [0.717, 1.165) is 18.2 Å². The average molecular weight is 373 g/mol. The lowest BCUT2D eigenvalue weighted by atomic mass is 9.87. The molecule has 3 N–H and O–H groups in total. The summed E-state index contributed by atoms with van der Waals surface area (Å²) in [5.74, 6) is 1.39. The van der Waals surface area contributed by atoms with Gasteiger partial charge in [0.2, 0.25) is 0 Å². The van der Waals surface area contributed by atoms with Gasteiger partial charge in [0.15, 0.2) is 5.96 Å². The highest BCUT2D eigenvalue weighted by Crippen LogP contribution is 2.26. The van der Waals surface area contributed by atoms with Gasteiger partial charge in [0.25, 0.3) is 0 Å². The van der Waals surface area contributed by atoms with E-state index in [1.807, 2.05) is 30.3 Å². The highest BCUT2D eigenvalue weighted by Gasteiger charge is 2.12. The van der Waals surface area contributed by atoms with Crippen LogP contribution >= 0.6 is 24.0 Å². The molecule has 0 bridgehead atoms. The summed E-state index contributed by atoms with van der Waals surface area (Å²) in [6, 6.07) is 9.93. The summed E-state index contributed by atoms with van der Waals surface area (Å²) >= 11 is 0. The maximum Gasteiger partial charge on any atom is 0.193 e. The molecule has 1 aromatic carbocycles. The van der Waals surface area contributed by atoms with Crippen molar-refractivity contribution in [3.63, 3.8) is 0 Å². The molecule has 1 aliphatic rings. The fraction of sp³-hybridized carbons (Fsp3) is 0.533. The second-order valence-electron chi connectivity index (χ2n) is 5.05. The minimum absolute atomic E-state index is 0. The number of halogens is 1. The fourth-order valence-electron chi connectivity index (χ4n) is 2.55. The monoisotopic (exact) mass is 373 g/mol. The first kappa shape index (κ1) is 16.3. The zero-order valence-electron chi connectivity index (χ0n) is 11.3. The summed E-state index contributed by atoms with van der Waals surface area (Å²) in [5.41, 5.74) is 6.86. The molecule has 0 aliphatic heterocycles. The first-order valence-electron chi connectivity index (χ1n) is 6.96. The van der Waals surface area contributed by atoms with Crippen molar-refractivity contribution in [3.05, 3.63) is 30.3 Å². The van der Waals surface area contributed by atoms with E-state index in [0.29, 0.717) is 5.96 Å². The van der Waals surface area contributed by atoms with E-state index >= 15 is 0 Å². The molecule has 0 saturated heterocycles. The van der Waals surface area contributed by atoms with E-state index in [4.69, 9.17) is 5.73 Å². The lowest BCUT2D eigenvalue weighted by molar-refractivity contribution is 0.343. The van der Waals surface area contributed by atoms with Crippen LogP contribution in [0.25, 0.3) is 0 Å². The van der Waals surface area contributed by atoms with Gasteiger partial charge in [-0.25, -0.2) is 0 Å². The number of guanidine groups is 1. The van der Waals surface area contributed by atoms with Crippen LogP contribution < -0.4 is 11.1 Å². The van der Waals surface area contributed by atoms with Crippen LogP contribution in [0.15, 0.2) is 35.3 Å². The number of nitrogens with two attached hydrogens (primary N) is 1. The Bertz CT molecular complexity index is 372. The van der Waals surface area contributed by atoms with Gasteiger partial charge in [0.1, 0.15) is 0 Å². The molecule has 0 radical (unpaired) electrons. The lowest BCUT2D eigenvalue weighted by Crippen LogP contribution is -2.23. The molecule has 106 valence electrons. The van der Waals surface area contributed by atoms with Crippen LogP contribution in [0.4, 0.5) is 5.69 Å². The molecule has 1 aromatic rings. The van der Waals surface area contributed by atoms with Gasteiger partial charge in [-0.15, -0.1) is 24.0 Å². The van der Waals surface area contributed by atoms with Crippen LogP contribution in [0.3, 0.4) is 0 Å². The van der Waals surface area contributed by atoms with Gasteiger partial charge >= 0.3 is 0 Å². The van der Waals surface area contributed by atoms with Crippen molar-refractivity contribution in [2.24, 2.45) is 16.6 Å². The van der Waals surface area contributed by atoms with Crippen molar-refractivity contribution in [2.75, 3.05) is 11.9 Å². The predicted octanol–water partition coefficient (Wildman–Crippen LogP) is 4.00. The van der Waals surface area contributed by atoms with Crippen molar-refractivity contribution in [2.45, 2.75) is 38.5 Å². The summed E-state index contributed by atoms with van der Waals surface area (Å²) in [7, 11) is 0. The third-order valence-corrected chi connectivity index (χ3v) is 3.59. The molecule has 3 nitrogen and oxygen atoms in total. The fourth-order valence-corrected chi connectivity index (χ4v) is 2.55. The molecule has 0 heterocycles. The molecule has 2 rings (SSSR count). The maximum atomic E-state index is 5.86. The number of rotatable bonds is 4. The minimum atomic E-state index is 0. The maximum absolute atomic E-state index is 5.86. The van der Waals surface area contributed by atoms with Crippen molar-refractivity contribution >= 4 is 35.6 Å². The molecular formula is C15H24IN3. The third kappa shape index (κ3) is 6.27. The summed E-state index contributed by atoms with van der Waals surface area (Å²) < 4.78 is 0. The second kappa shape index (κ2) is 9.18. The Morgan fingerprint density at radius 2 is 1.84 bits per heavy atom. The first-order valence-corrected chi connectivity index (χ1v) is 6.96. The molecule has 1 aliphatic carbocycles. The van der Waals surface area contributed by atoms with Crippen molar-refractivity contribution in [1.82, 2.24) is 0 Å². The van der Waals surface area contributed by atoms with Crippen molar-refractivity contribution in [3.8, 4) is 0 Å². The minimum Gasteiger partial charge on any atom is -0.370 e. The van der Waals surface area contributed by atoms with E-state index in [2.05, 4.69) is 10.3 Å². The molecule has 1 saturated carbocycles. The predicted molar refractivity (Wildman–Crippen MR) is 93.2 cm³/mol. The summed E-state index contributed by atoms with van der Waals surface area (Å²) in [4.78, 5) is 4.40. The zero-order valence-corrected chi connectivity index (χ0v) is 13.7. The number of para-hydroxylation sites is 1. The summed E-state index contributed by atoms with van der Waals surface area (Å²) in [5, 5.41) is 3.11. The molecule has 4 heteroatoms. The summed E-state index contributed by atoms with van der Waals surface area (Å²) in [6.07, 6.45) is 8.13. The van der Waals surface area contributed by atoms with E-state index in [1.165, 1.54) is 38.5 Å². The van der Waals surface area contributed by atoms with Crippen LogP contribution in [0.5, 0.6) is 0 Å². The summed E-state index contributed by atoms with van der Waals surface area (Å²) in [6.45, 7) is 0.844. The van der Waals surface area contributed by atoms with Gasteiger partial charge in [-0.2, -0.15) is 0 Å². The van der Waals surface area contributed by atoms with Crippen LogP contribution in [0.2, 0.25) is 0 Å². The smallest absolute Gasteiger partial charge is 0.193 e. The van der Waals surface area contributed by atoms with Crippen LogP contribution in [0, 0.1) is 5.92 Å². The molecule has 0 amide bonds. The normalized spacial score (nSPS) is 16.7. The second-order valence-corrected chi connectivity index (χ2v) is 5.05. The van der Waals surface area contributed by atoms with Crippen LogP contribution in [-0.4, -0.2) is 12.5 Å². The highest BCUT2D eigenvalue weighted by molar-refractivity contribution is 14.0. The largest absolute Gasteiger partial charge is 0.370 e. The van der Waals surface area contributed by atoms with Gasteiger partial charge in [-0.05, 0) is 24.5 Å². The lowest BCUT2D eigenvalue weighted by Gasteiger charge is -2.20. The number of benzene rings is 1. The number of nitrogens with zero attached hydrogens (tertiary/aromatic N) is 1. The van der Waals surface area contributed by atoms with Crippen molar-refractivity contribution < 1.29 is 0 Å². The number of aliphatic imine (C=N–C) groups is 1. The standard InChI is InChI=1S/C15H23N3.HI/c16-15(18-14-9-5-2-6-10-14)17-12-11-13-7-3-1-4-8-13;/h2,5-6,9-10,13H,1,3-4,7-8,11-12H2,(H3,16,17,18);1H. The number of nitrogens with one attached hydrogen (secondary N) is 1. The average Bonchev–Trinajstić information content (AvgIpc) is 2.41. The van der Waals surface area contributed by atoms with Gasteiger partial charge in [0, 0.05) is 12.2 Å². The van der Waals surface area contributed by atoms with Gasteiger partial charge in [-0.3, -0.25) is 4.99 Å². The van der Waals surface area contributed by atoms with E-state index in [-0.39, 0.29) is 24.0 Å². The zero-order chi connectivity index (χ0) is 12.6. The third-order valence-electron chi connectivity index (χ3n) is 3.59. The first-order chi connectivity index (χ1) is 8.84. The van der Waals surface area contributed by atoms with Gasteiger partial charge in [0.05, 0.1) is 0 Å². The quantitative estimate of drug-likeness (QED) is 0.476. The number of anilines is 1. The Morgan fingerprint density at radius 1 is 1.16 bits per heavy atom. The molecule has 0 spiro atoms.